The van der Waals surface area contributed by atoms with Gasteiger partial charge < -0.3 is 19.0 Å². The molecule has 1 amide bonds. The second-order valence-corrected chi connectivity index (χ2v) is 9.43. The summed E-state index contributed by atoms with van der Waals surface area (Å²) in [6, 6.07) is 4.10. The second kappa shape index (κ2) is 10.5. The predicted molar refractivity (Wildman–Crippen MR) is 113 cm³/mol. The number of amides is 1. The van der Waals surface area contributed by atoms with Crippen LogP contribution in [0.25, 0.3) is 11.3 Å². The van der Waals surface area contributed by atoms with Gasteiger partial charge in [-0.05, 0) is 52.0 Å². The summed E-state index contributed by atoms with van der Waals surface area (Å²) in [6.07, 6.45) is -0.822. The first-order valence-corrected chi connectivity index (χ1v) is 11.5. The van der Waals surface area contributed by atoms with Gasteiger partial charge >= 0.3 is 27.7 Å². The molecule has 0 aliphatic heterocycles. The molecule has 2 aromatic rings. The summed E-state index contributed by atoms with van der Waals surface area (Å²) in [4.78, 5) is 24.5. The molecule has 1 heterocycles. The lowest BCUT2D eigenvalue weighted by Gasteiger charge is -2.19. The smallest absolute Gasteiger partial charge is 0.461 e. The maximum atomic E-state index is 13.4. The number of rotatable bonds is 8. The van der Waals surface area contributed by atoms with Crippen molar-refractivity contribution in [1.82, 2.24) is 15.1 Å². The van der Waals surface area contributed by atoms with E-state index in [1.807, 2.05) is 0 Å². The average Bonchev–Trinajstić information content (AvgIpc) is 3.04. The van der Waals surface area contributed by atoms with E-state index >= 15 is 0 Å². The molecular formula is C20H23F4N3O7S. The van der Waals surface area contributed by atoms with Crippen LogP contribution >= 0.6 is 0 Å². The molecule has 1 N–H and O–H groups in total. The summed E-state index contributed by atoms with van der Waals surface area (Å²) in [5.41, 5.74) is -7.94. The lowest BCUT2D eigenvalue weighted by Crippen LogP contribution is -2.34. The second-order valence-electron chi connectivity index (χ2n) is 7.89. The van der Waals surface area contributed by atoms with Gasteiger partial charge in [-0.15, -0.1) is 0 Å². The van der Waals surface area contributed by atoms with Gasteiger partial charge in [-0.1, -0.05) is 0 Å². The number of ether oxygens (including phenoxy) is 2. The van der Waals surface area contributed by atoms with E-state index in [0.29, 0.717) is 0 Å². The Labute approximate surface area is 198 Å². The number of carbonyl (C=O) groups excluding carboxylic acids is 2. The molecule has 0 aliphatic carbocycles. The minimum atomic E-state index is -6.23. The van der Waals surface area contributed by atoms with Crippen LogP contribution in [0.5, 0.6) is 5.75 Å². The lowest BCUT2D eigenvalue weighted by atomic mass is 10.1. The zero-order chi connectivity index (χ0) is 26.6. The van der Waals surface area contributed by atoms with Gasteiger partial charge in [-0.2, -0.15) is 26.7 Å². The van der Waals surface area contributed by atoms with Gasteiger partial charge in [0.1, 0.15) is 17.1 Å². The molecule has 0 spiro atoms. The minimum Gasteiger partial charge on any atom is -0.461 e. The van der Waals surface area contributed by atoms with E-state index in [1.165, 1.54) is 6.92 Å². The van der Waals surface area contributed by atoms with Crippen molar-refractivity contribution < 1.29 is 49.2 Å². The molecule has 1 aromatic heterocycles. The summed E-state index contributed by atoms with van der Waals surface area (Å²) < 4.78 is 91.1. The van der Waals surface area contributed by atoms with Crippen LogP contribution in [0.1, 0.15) is 38.2 Å². The van der Waals surface area contributed by atoms with Crippen LogP contribution in [0.15, 0.2) is 24.3 Å². The van der Waals surface area contributed by atoms with Crippen molar-refractivity contribution in [3.63, 3.8) is 0 Å². The van der Waals surface area contributed by atoms with Crippen LogP contribution in [0.2, 0.25) is 0 Å². The molecule has 0 atom stereocenters. The molecule has 0 radical (unpaired) electrons. The molecule has 15 heteroatoms. The zero-order valence-electron chi connectivity index (χ0n) is 19.1. The van der Waals surface area contributed by atoms with Gasteiger partial charge in [0.05, 0.1) is 13.2 Å². The van der Waals surface area contributed by atoms with E-state index in [-0.39, 0.29) is 25.3 Å². The maximum absolute atomic E-state index is 13.4. The summed E-state index contributed by atoms with van der Waals surface area (Å²) in [5, 5.41) is 6.37. The third kappa shape index (κ3) is 7.31. The first-order valence-electron chi connectivity index (χ1n) is 10.1. The van der Waals surface area contributed by atoms with Crippen LogP contribution in [-0.2, 0) is 26.1 Å². The predicted octanol–water partition coefficient (Wildman–Crippen LogP) is 3.62. The number of nitrogens with one attached hydrogen (secondary N) is 1. The largest absolute Gasteiger partial charge is 0.534 e. The third-order valence-electron chi connectivity index (χ3n) is 3.96. The lowest BCUT2D eigenvalue weighted by molar-refractivity contribution is -0.0500. The fourth-order valence-corrected chi connectivity index (χ4v) is 3.09. The molecule has 0 saturated heterocycles. The Balaban J connectivity index is 2.57. The van der Waals surface area contributed by atoms with E-state index in [9.17, 15) is 35.6 Å². The molecule has 0 saturated carbocycles. The van der Waals surface area contributed by atoms with Crippen molar-refractivity contribution in [3.05, 3.63) is 35.8 Å². The highest BCUT2D eigenvalue weighted by atomic mass is 32.2. The summed E-state index contributed by atoms with van der Waals surface area (Å²) >= 11 is 0. The number of esters is 1. The fourth-order valence-electron chi connectivity index (χ4n) is 2.62. The third-order valence-corrected chi connectivity index (χ3v) is 4.92. The van der Waals surface area contributed by atoms with Crippen molar-refractivity contribution in [2.45, 2.75) is 45.3 Å². The van der Waals surface area contributed by atoms with Gasteiger partial charge in [0.25, 0.3) is 0 Å². The van der Waals surface area contributed by atoms with E-state index in [2.05, 4.69) is 14.6 Å². The average molecular weight is 525 g/mol. The number of carbonyl (C=O) groups is 2. The van der Waals surface area contributed by atoms with Gasteiger partial charge in [-0.25, -0.2) is 14.0 Å². The molecule has 2 rings (SSSR count). The van der Waals surface area contributed by atoms with Crippen molar-refractivity contribution in [3.8, 4) is 17.0 Å². The Morgan fingerprint density at radius 3 is 2.23 bits per heavy atom. The van der Waals surface area contributed by atoms with Gasteiger partial charge in [0.15, 0.2) is 5.69 Å². The molecule has 10 nitrogen and oxygen atoms in total. The molecule has 1 aromatic carbocycles. The maximum Gasteiger partial charge on any atom is 0.534 e. The van der Waals surface area contributed by atoms with Gasteiger partial charge in [-0.3, -0.25) is 4.68 Å². The van der Waals surface area contributed by atoms with Crippen LogP contribution in [0, 0.1) is 5.82 Å². The fraction of sp³-hybridized carbons (Fsp3) is 0.450. The Morgan fingerprint density at radius 2 is 1.71 bits per heavy atom. The molecule has 194 valence electrons. The Kier molecular flexibility index (Phi) is 8.36. The number of hydrogen-bond donors (Lipinski definition) is 1. The highest BCUT2D eigenvalue weighted by molar-refractivity contribution is 7.88. The SMILES string of the molecule is CCOC(=O)c1c(OS(=O)(=O)C(F)(F)F)c(-c2ccc(F)cc2)nn1CCNC(=O)OC(C)(C)C. The summed E-state index contributed by atoms with van der Waals surface area (Å²) in [7, 11) is -6.23. The van der Waals surface area contributed by atoms with E-state index in [0.717, 1.165) is 28.9 Å². The normalized spacial score (nSPS) is 12.2. The first-order chi connectivity index (χ1) is 16.1. The number of hydrogen-bond acceptors (Lipinski definition) is 8. The van der Waals surface area contributed by atoms with Crippen LogP contribution in [-0.4, -0.2) is 54.5 Å². The number of alkyl carbamates (subject to hydrolysis) is 1. The first kappa shape index (κ1) is 27.9. The number of benzene rings is 1. The summed E-state index contributed by atoms with van der Waals surface area (Å²) in [5.74, 6) is -2.99. The van der Waals surface area contributed by atoms with Crippen LogP contribution in [0.3, 0.4) is 0 Å². The Bertz CT molecular complexity index is 1170. The van der Waals surface area contributed by atoms with E-state index < -0.39 is 56.2 Å². The molecule has 35 heavy (non-hydrogen) atoms. The minimum absolute atomic E-state index is 0.0526. The van der Waals surface area contributed by atoms with E-state index in [1.54, 1.807) is 20.8 Å². The summed E-state index contributed by atoms with van der Waals surface area (Å²) in [6.45, 7) is 5.53. The molecule has 0 aliphatic rings. The quantitative estimate of drug-likeness (QED) is 0.240. The van der Waals surface area contributed by atoms with Crippen LogP contribution in [0.4, 0.5) is 22.4 Å². The van der Waals surface area contributed by atoms with Crippen LogP contribution < -0.4 is 9.50 Å². The topological polar surface area (TPSA) is 126 Å². The highest BCUT2D eigenvalue weighted by Gasteiger charge is 2.50. The van der Waals surface area contributed by atoms with E-state index in [4.69, 9.17) is 9.47 Å². The molecule has 0 bridgehead atoms. The van der Waals surface area contributed by atoms with Gasteiger partial charge in [0, 0.05) is 12.1 Å². The molecular weight excluding hydrogens is 502 g/mol. The van der Waals surface area contributed by atoms with Gasteiger partial charge in [0.2, 0.25) is 5.75 Å². The number of alkyl halides is 3. The van der Waals surface area contributed by atoms with Crippen molar-refractivity contribution in [1.29, 1.82) is 0 Å². The molecule has 0 unspecified atom stereocenters. The number of aromatic nitrogens is 2. The Hall–Kier alpha value is -3.36. The highest BCUT2D eigenvalue weighted by Crippen LogP contribution is 2.37. The van der Waals surface area contributed by atoms with Crippen molar-refractivity contribution in [2.75, 3.05) is 13.2 Å². The number of nitrogens with zero attached hydrogens (tertiary/aromatic N) is 2. The van der Waals surface area contributed by atoms with Crippen molar-refractivity contribution in [2.24, 2.45) is 0 Å². The monoisotopic (exact) mass is 525 g/mol. The number of halogens is 4. The standard InChI is InChI=1S/C20H23F4N3O7S/c1-5-32-17(28)15-16(34-35(30,31)20(22,23)24)14(12-6-8-13(21)9-7-12)26-27(15)11-10-25-18(29)33-19(2,3)4/h6-9H,5,10-11H2,1-4H3,(H,25,29). The Morgan fingerprint density at radius 1 is 1.11 bits per heavy atom. The molecule has 0 fully saturated rings. The zero-order valence-corrected chi connectivity index (χ0v) is 19.9. The van der Waals surface area contributed by atoms with Crippen molar-refractivity contribution >= 4 is 22.2 Å².